The summed E-state index contributed by atoms with van der Waals surface area (Å²) in [6, 6.07) is 22.2. The first-order chi connectivity index (χ1) is 52.6. The molecule has 620 valence electrons. The normalized spacial score (nSPS) is 11.4. The number of imidazole rings is 2. The van der Waals surface area contributed by atoms with Crippen molar-refractivity contribution >= 4 is 190 Å². The molecule has 1 amide bonds. The Balaban J connectivity index is 0.000000490. The van der Waals surface area contributed by atoms with Gasteiger partial charge in [0.1, 0.15) is 59.5 Å². The summed E-state index contributed by atoms with van der Waals surface area (Å²) >= 11 is 26.5. The molecule has 4 aromatic carbocycles. The second-order valence-corrected chi connectivity index (χ2v) is 38.6. The number of methoxy groups -OCH3 is 2. The highest BCUT2D eigenvalue weighted by Crippen LogP contribution is 2.40. The number of ether oxygens (including phenoxy) is 5. The number of thioether (sulfide) groups is 3. The molecule has 8 rings (SSSR count). The fraction of sp³-hybridized carbons (Fsp3) is 0.356. The Hall–Kier alpha value is -8.41. The molecule has 114 heavy (non-hydrogen) atoms. The van der Waals surface area contributed by atoms with Crippen LogP contribution in [0, 0.1) is 46.2 Å². The van der Waals surface area contributed by atoms with Crippen molar-refractivity contribution in [2.45, 2.75) is 140 Å². The molecule has 0 aliphatic heterocycles. The summed E-state index contributed by atoms with van der Waals surface area (Å²) in [5, 5.41) is 23.7. The largest absolute Gasteiger partial charge is 0.468 e. The summed E-state index contributed by atoms with van der Waals surface area (Å²) in [5.74, 6) is -4.16. The van der Waals surface area contributed by atoms with Crippen molar-refractivity contribution in [2.75, 3.05) is 55.1 Å². The van der Waals surface area contributed by atoms with Gasteiger partial charge in [-0.05, 0) is 231 Å². The van der Waals surface area contributed by atoms with Crippen LogP contribution in [0.2, 0.25) is 10.0 Å². The lowest BCUT2D eigenvalue weighted by molar-refractivity contribution is -0.151. The van der Waals surface area contributed by atoms with Gasteiger partial charge in [-0.3, -0.25) is 28.8 Å². The lowest BCUT2D eigenvalue weighted by atomic mass is 10.2. The molecule has 0 fully saturated rings. The highest BCUT2D eigenvalue weighted by atomic mass is 79.9. The first-order valence-corrected chi connectivity index (χ1v) is 43.3. The minimum atomic E-state index is -3.83. The van der Waals surface area contributed by atoms with Crippen LogP contribution >= 0.6 is 109 Å². The van der Waals surface area contributed by atoms with Crippen LogP contribution in [-0.4, -0.2) is 139 Å². The number of amides is 1. The van der Waals surface area contributed by atoms with Gasteiger partial charge in [0.15, 0.2) is 54.1 Å². The Kier molecular flexibility index (Phi) is 40.3. The number of nitrogens with two attached hydrogens (primary N) is 2. The van der Waals surface area contributed by atoms with Gasteiger partial charge in [0.25, 0.3) is 11.1 Å². The highest BCUT2D eigenvalue weighted by molar-refractivity contribution is 9.09. The van der Waals surface area contributed by atoms with E-state index in [0.717, 1.165) is 27.0 Å². The maximum atomic E-state index is 13.6. The number of nitriles is 2. The van der Waals surface area contributed by atoms with Crippen molar-refractivity contribution in [3.05, 3.63) is 162 Å². The average Bonchev–Trinajstić information content (AvgIpc) is 1.59. The van der Waals surface area contributed by atoms with E-state index in [-0.39, 0.29) is 93.2 Å². The Morgan fingerprint density at radius 1 is 0.588 bits per heavy atom. The number of nitrogens with zero attached hydrogens (tertiary/aromatic N) is 8. The third kappa shape index (κ3) is 32.0. The first-order valence-electron chi connectivity index (χ1n) is 32.6. The van der Waals surface area contributed by atoms with E-state index >= 15 is 0 Å². The number of carbonyl (C=O) groups excluding carboxylic acids is 5. The standard InChI is InChI=1S/C24H27ClFN3O6S2.C15H18FN3O3.C9H10Cl2O3S2.C9H8FN3S.C6H11BrO2.C6H6FN.C4H6N2S2/c1-23(2,3)35-21(31)17-19(28-22(34-7)29(17)14-10-8-13(26)9-11-14)27-20(30)18-16(25)15(12-36-18)37(32,33)24(4,5)6;1-15(2,3)22-13(20)11-12(17)18-14(21-4)19(11)10-7-5-9(16)6-8-10;1-9(2,3)16(13,14)5-4-15-7(6(5)10)8(11)12;1-14-9(12-6-11)13-8-4-2-7(10)3-5-8;1-6(2,3)9-5(8)4-7;7-5-1-3-6(8)4-2-5;1-7-4(8-2)6-3-5/h8-12H,1-7H3,(H,27,30);5-8H,17H2,1-4H3;4H,1-3H3;2-5H,1H3,(H,12,13);4H2,1-3H3;1-4H,8H2;1-2H3. The Morgan fingerprint density at radius 2 is 0.965 bits per heavy atom. The molecule has 0 saturated heterocycles. The Morgan fingerprint density at radius 3 is 1.29 bits per heavy atom. The third-order valence-electron chi connectivity index (χ3n) is 12.9. The maximum Gasteiger partial charge on any atom is 0.359 e. The number of carbonyl (C=O) groups is 5. The number of anilines is 3. The number of nitrogen functional groups attached to an aromatic ring is 2. The second kappa shape index (κ2) is 45.2. The average molecular weight is 1840 g/mol. The Bertz CT molecular complexity index is 4960. The van der Waals surface area contributed by atoms with Crippen molar-refractivity contribution in [1.29, 1.82) is 10.5 Å². The number of hydrogen-bond acceptors (Lipinski definition) is 27. The van der Waals surface area contributed by atoms with Crippen LogP contribution in [0.5, 0.6) is 12.0 Å². The molecule has 4 aromatic heterocycles. The molecule has 0 saturated carbocycles. The summed E-state index contributed by atoms with van der Waals surface area (Å²) in [6.45, 7) is 25.0. The van der Waals surface area contributed by atoms with Gasteiger partial charge in [-0.25, -0.2) is 49.0 Å². The van der Waals surface area contributed by atoms with E-state index < -0.39 is 75.1 Å². The quantitative estimate of drug-likeness (QED) is 0.00796. The smallest absolute Gasteiger partial charge is 0.359 e. The number of sulfone groups is 2. The van der Waals surface area contributed by atoms with Crippen molar-refractivity contribution < 1.29 is 82.1 Å². The molecule has 0 aliphatic carbocycles. The van der Waals surface area contributed by atoms with Crippen LogP contribution in [0.25, 0.3) is 11.4 Å². The number of alkyl halides is 1. The number of thiophene rings is 2. The zero-order valence-corrected chi connectivity index (χ0v) is 75.0. The van der Waals surface area contributed by atoms with Crippen LogP contribution in [0.4, 0.5) is 40.6 Å². The third-order valence-corrected chi connectivity index (χ3v) is 24.7. The SMILES string of the molecule is CC(C)(C)OC(=O)CBr.CC(C)(C)S(=O)(=O)c1csc(C(=O)Cl)c1Cl.COc1nc(N)c(C(=O)OC(C)(C)C)n1-c1ccc(F)cc1.COc1nc(NC(=O)c2scc(S(=O)(=O)C(C)(C)C)c2Cl)c(C(=O)OC(C)(C)C)n1-c1ccc(F)cc1.CSC(=NC#N)SC.CSC(=Nc1ccc(F)cc1)NC#N.Nc1ccc(F)cc1. The fourth-order valence-electron chi connectivity index (χ4n) is 7.85. The zero-order valence-electron chi connectivity index (χ0n) is 65.4. The van der Waals surface area contributed by atoms with Gasteiger partial charge < -0.3 is 40.5 Å². The predicted molar refractivity (Wildman–Crippen MR) is 452 cm³/mol. The molecule has 0 radical (unpaired) electrons. The number of rotatable bonds is 13. The number of nitrogens with one attached hydrogen (secondary N) is 2. The molecule has 41 heteroatoms. The molecule has 26 nitrogen and oxygen atoms in total. The highest BCUT2D eigenvalue weighted by Gasteiger charge is 2.38. The van der Waals surface area contributed by atoms with Crippen LogP contribution in [-0.2, 0) is 38.7 Å². The summed E-state index contributed by atoms with van der Waals surface area (Å²) < 4.78 is 129. The van der Waals surface area contributed by atoms with Crippen molar-refractivity contribution in [3.8, 4) is 35.8 Å². The molecule has 0 spiro atoms. The number of amidine groups is 1. The molecule has 0 aliphatic rings. The fourth-order valence-corrected chi connectivity index (χ4v) is 15.6. The number of hydrogen-bond donors (Lipinski definition) is 4. The number of halogens is 8. The number of aromatic nitrogens is 4. The molecule has 8 aromatic rings. The van der Waals surface area contributed by atoms with Crippen molar-refractivity contribution in [3.63, 3.8) is 0 Å². The lowest BCUT2D eigenvalue weighted by Crippen LogP contribution is -2.28. The van der Waals surface area contributed by atoms with Gasteiger partial charge in [-0.1, -0.05) is 50.9 Å². The first kappa shape index (κ1) is 102. The summed E-state index contributed by atoms with van der Waals surface area (Å²) in [7, 11) is -4.66. The molecular formula is C73H86BrCl3F4N12O14S7. The zero-order chi connectivity index (χ0) is 87.4. The van der Waals surface area contributed by atoms with Gasteiger partial charge in [-0.2, -0.15) is 25.5 Å². The number of benzene rings is 4. The van der Waals surface area contributed by atoms with Crippen LogP contribution in [0.1, 0.15) is 144 Å². The topological polar surface area (TPSA) is 384 Å². The van der Waals surface area contributed by atoms with E-state index in [1.54, 1.807) is 93.1 Å². The van der Waals surface area contributed by atoms with E-state index in [9.17, 15) is 58.4 Å². The molecule has 0 bridgehead atoms. The van der Waals surface area contributed by atoms with Gasteiger partial charge in [0, 0.05) is 16.4 Å². The van der Waals surface area contributed by atoms with Gasteiger partial charge in [-0.15, -0.1) is 46.2 Å². The van der Waals surface area contributed by atoms with Gasteiger partial charge in [0.2, 0.25) is 6.19 Å². The summed E-state index contributed by atoms with van der Waals surface area (Å²) in [6.07, 6.45) is 9.08. The monoisotopic (exact) mass is 1840 g/mol. The van der Waals surface area contributed by atoms with Crippen LogP contribution in [0.15, 0.2) is 128 Å². The number of aliphatic imine (C=N–C) groups is 2. The van der Waals surface area contributed by atoms with Gasteiger partial charge >= 0.3 is 29.9 Å². The lowest BCUT2D eigenvalue weighted by Gasteiger charge is -2.20. The minimum Gasteiger partial charge on any atom is -0.468 e. The molecule has 0 unspecified atom stereocenters. The summed E-state index contributed by atoms with van der Waals surface area (Å²) in [5.41, 5.74) is 11.0. The van der Waals surface area contributed by atoms with E-state index in [1.165, 1.54) is 175 Å². The molecular weight excluding hydrogens is 1760 g/mol. The molecule has 6 N–H and O–H groups in total. The van der Waals surface area contributed by atoms with Crippen molar-refractivity contribution in [1.82, 2.24) is 24.4 Å². The summed E-state index contributed by atoms with van der Waals surface area (Å²) in [4.78, 5) is 75.9. The van der Waals surface area contributed by atoms with E-state index in [4.69, 9.17) is 80.5 Å². The van der Waals surface area contributed by atoms with E-state index in [0.29, 0.717) is 27.9 Å². The number of esters is 3. The predicted octanol–water partition coefficient (Wildman–Crippen LogP) is 18.4. The van der Waals surface area contributed by atoms with E-state index in [1.807, 2.05) is 33.3 Å². The maximum absolute atomic E-state index is 13.6. The Labute approximate surface area is 704 Å². The van der Waals surface area contributed by atoms with E-state index in [2.05, 4.69) is 46.5 Å². The van der Waals surface area contributed by atoms with Crippen molar-refractivity contribution in [2.24, 2.45) is 9.98 Å². The van der Waals surface area contributed by atoms with Crippen LogP contribution in [0.3, 0.4) is 0 Å². The minimum absolute atomic E-state index is 0.0181. The van der Waals surface area contributed by atoms with Gasteiger partial charge in [0.05, 0.1) is 60.6 Å². The second-order valence-electron chi connectivity index (χ2n) is 27.2. The van der Waals surface area contributed by atoms with Crippen LogP contribution < -0.4 is 31.6 Å². The molecule has 0 atom stereocenters. The molecule has 4 heterocycles.